The molecule has 0 aliphatic rings. The molecule has 0 saturated heterocycles. The average Bonchev–Trinajstić information content (AvgIpc) is 2.36. The molecule has 7 heteroatoms. The summed E-state index contributed by atoms with van der Waals surface area (Å²) in [5, 5.41) is 9.54. The molecule has 1 aromatic carbocycles. The number of phenolic OH excluding ortho intramolecular Hbond substituents is 1. The van der Waals surface area contributed by atoms with Crippen LogP contribution >= 0.6 is 0 Å². The Morgan fingerprint density at radius 3 is 2.42 bits per heavy atom. The molecule has 0 atom stereocenters. The van der Waals surface area contributed by atoms with Crippen molar-refractivity contribution >= 4 is 16.0 Å². The number of nitrogens with zero attached hydrogens (tertiary/aromatic N) is 1. The second kappa shape index (κ2) is 5.58. The maximum absolute atomic E-state index is 12.2. The summed E-state index contributed by atoms with van der Waals surface area (Å²) in [7, 11) is -1.10. The number of carbonyl (C=O) groups is 1. The number of hydrogen-bond acceptors (Lipinski definition) is 5. The third-order valence-corrected chi connectivity index (χ3v) is 4.81. The van der Waals surface area contributed by atoms with Crippen molar-refractivity contribution in [1.82, 2.24) is 4.31 Å². The van der Waals surface area contributed by atoms with Crippen molar-refractivity contribution in [2.75, 3.05) is 14.2 Å². The lowest BCUT2D eigenvalue weighted by Gasteiger charge is -2.21. The molecule has 0 bridgehead atoms. The highest BCUT2D eigenvalue weighted by Crippen LogP contribution is 2.24. The summed E-state index contributed by atoms with van der Waals surface area (Å²) < 4.78 is 30.1. The molecule has 106 valence electrons. The first-order valence-corrected chi connectivity index (χ1v) is 7.05. The van der Waals surface area contributed by atoms with Gasteiger partial charge in [0.05, 0.1) is 12.0 Å². The molecule has 0 aliphatic carbocycles. The van der Waals surface area contributed by atoms with Crippen molar-refractivity contribution < 1.29 is 23.1 Å². The first kappa shape index (κ1) is 15.5. The first-order chi connectivity index (χ1) is 8.71. The standard InChI is InChI=1S/C12H17NO5S/c1-8(2)13(3)19(16,17)9-5-6-11(14)10(7-9)12(15)18-4/h5-8,14H,1-4H3. The molecule has 0 aromatic heterocycles. The largest absolute Gasteiger partial charge is 0.507 e. The van der Waals surface area contributed by atoms with Crippen molar-refractivity contribution in [1.29, 1.82) is 0 Å². The number of benzene rings is 1. The van der Waals surface area contributed by atoms with Gasteiger partial charge in [-0.3, -0.25) is 0 Å². The van der Waals surface area contributed by atoms with Gasteiger partial charge in [-0.1, -0.05) is 0 Å². The average molecular weight is 287 g/mol. The van der Waals surface area contributed by atoms with Crippen molar-refractivity contribution in [3.05, 3.63) is 23.8 Å². The molecule has 6 nitrogen and oxygen atoms in total. The van der Waals surface area contributed by atoms with Gasteiger partial charge < -0.3 is 9.84 Å². The minimum atomic E-state index is -3.70. The summed E-state index contributed by atoms with van der Waals surface area (Å²) in [6, 6.07) is 3.29. The zero-order valence-corrected chi connectivity index (χ0v) is 12.1. The van der Waals surface area contributed by atoms with Crippen molar-refractivity contribution in [3.63, 3.8) is 0 Å². The van der Waals surface area contributed by atoms with Crippen LogP contribution in [0.25, 0.3) is 0 Å². The minimum absolute atomic E-state index is 0.0677. The van der Waals surface area contributed by atoms with Crippen molar-refractivity contribution in [3.8, 4) is 5.75 Å². The first-order valence-electron chi connectivity index (χ1n) is 5.61. The van der Waals surface area contributed by atoms with Gasteiger partial charge in [-0.2, -0.15) is 4.31 Å². The monoisotopic (exact) mass is 287 g/mol. The zero-order chi connectivity index (χ0) is 14.8. The number of hydrogen-bond donors (Lipinski definition) is 1. The van der Waals surface area contributed by atoms with Crippen LogP contribution in [-0.2, 0) is 14.8 Å². The molecule has 19 heavy (non-hydrogen) atoms. The highest BCUT2D eigenvalue weighted by atomic mass is 32.2. The molecule has 0 heterocycles. The number of carbonyl (C=O) groups excluding carboxylic acids is 1. The predicted octanol–water partition coefficient (Wildman–Crippen LogP) is 1.21. The molecule has 0 radical (unpaired) electrons. The lowest BCUT2D eigenvalue weighted by atomic mass is 10.2. The fourth-order valence-electron chi connectivity index (χ4n) is 1.39. The van der Waals surface area contributed by atoms with Gasteiger partial charge in [0.2, 0.25) is 10.0 Å². The number of rotatable bonds is 4. The Bertz CT molecular complexity index is 580. The summed E-state index contributed by atoms with van der Waals surface area (Å²) in [6.07, 6.45) is 0. The summed E-state index contributed by atoms with van der Waals surface area (Å²) in [5.41, 5.74) is -0.180. The second-order valence-corrected chi connectivity index (χ2v) is 6.28. The van der Waals surface area contributed by atoms with E-state index in [0.717, 1.165) is 19.2 Å². The Morgan fingerprint density at radius 2 is 1.95 bits per heavy atom. The number of sulfonamides is 1. The molecular weight excluding hydrogens is 270 g/mol. The molecule has 0 fully saturated rings. The van der Waals surface area contributed by atoms with E-state index < -0.39 is 16.0 Å². The van der Waals surface area contributed by atoms with Gasteiger partial charge >= 0.3 is 5.97 Å². The van der Waals surface area contributed by atoms with Crippen molar-refractivity contribution in [2.24, 2.45) is 0 Å². The van der Waals surface area contributed by atoms with Crippen LogP contribution in [0.5, 0.6) is 5.75 Å². The highest BCUT2D eigenvalue weighted by molar-refractivity contribution is 7.89. The topological polar surface area (TPSA) is 83.9 Å². The van der Waals surface area contributed by atoms with Crippen LogP contribution in [-0.4, -0.2) is 44.0 Å². The summed E-state index contributed by atoms with van der Waals surface area (Å²) in [5.74, 6) is -1.11. The Balaban J connectivity index is 3.34. The van der Waals surface area contributed by atoms with E-state index in [1.807, 2.05) is 0 Å². The van der Waals surface area contributed by atoms with Crippen LogP contribution in [0.2, 0.25) is 0 Å². The molecule has 0 spiro atoms. The van der Waals surface area contributed by atoms with Crippen LogP contribution < -0.4 is 0 Å². The number of ether oxygens (including phenoxy) is 1. The molecule has 0 unspecified atom stereocenters. The number of methoxy groups -OCH3 is 1. The Labute approximate surface area is 112 Å². The zero-order valence-electron chi connectivity index (χ0n) is 11.2. The van der Waals surface area contributed by atoms with Crippen LogP contribution in [0.4, 0.5) is 0 Å². The van der Waals surface area contributed by atoms with E-state index in [0.29, 0.717) is 0 Å². The highest BCUT2D eigenvalue weighted by Gasteiger charge is 2.25. The molecule has 1 aromatic rings. The van der Waals surface area contributed by atoms with E-state index in [1.165, 1.54) is 17.4 Å². The van der Waals surface area contributed by atoms with E-state index in [2.05, 4.69) is 4.74 Å². The molecule has 1 N–H and O–H groups in total. The van der Waals surface area contributed by atoms with Gasteiger partial charge in [0, 0.05) is 13.1 Å². The molecule has 0 saturated carbocycles. The molecule has 0 aliphatic heterocycles. The Morgan fingerprint density at radius 1 is 1.37 bits per heavy atom. The van der Waals surface area contributed by atoms with Crippen LogP contribution in [0.1, 0.15) is 24.2 Å². The maximum Gasteiger partial charge on any atom is 0.341 e. The number of aromatic hydroxyl groups is 1. The maximum atomic E-state index is 12.2. The normalized spacial score (nSPS) is 11.9. The molecule has 0 amide bonds. The van der Waals surface area contributed by atoms with Gasteiger partial charge in [-0.25, -0.2) is 13.2 Å². The van der Waals surface area contributed by atoms with Gasteiger partial charge in [0.25, 0.3) is 0 Å². The van der Waals surface area contributed by atoms with E-state index in [1.54, 1.807) is 13.8 Å². The van der Waals surface area contributed by atoms with Gasteiger partial charge in [-0.15, -0.1) is 0 Å². The predicted molar refractivity (Wildman–Crippen MR) is 69.5 cm³/mol. The molecule has 1 rings (SSSR count). The lowest BCUT2D eigenvalue weighted by molar-refractivity contribution is 0.0597. The summed E-state index contributed by atoms with van der Waals surface area (Å²) in [4.78, 5) is 11.4. The molecular formula is C12H17NO5S. The smallest absolute Gasteiger partial charge is 0.341 e. The second-order valence-electron chi connectivity index (χ2n) is 4.29. The third-order valence-electron chi connectivity index (χ3n) is 2.78. The third kappa shape index (κ3) is 3.05. The van der Waals surface area contributed by atoms with E-state index in [-0.39, 0.29) is 22.3 Å². The fourth-order valence-corrected chi connectivity index (χ4v) is 2.79. The van der Waals surface area contributed by atoms with Gasteiger partial charge in [-0.05, 0) is 32.0 Å². The Hall–Kier alpha value is -1.60. The van der Waals surface area contributed by atoms with E-state index >= 15 is 0 Å². The van der Waals surface area contributed by atoms with E-state index in [4.69, 9.17) is 0 Å². The van der Waals surface area contributed by atoms with Crippen molar-refractivity contribution in [2.45, 2.75) is 24.8 Å². The van der Waals surface area contributed by atoms with Crippen LogP contribution in [0.3, 0.4) is 0 Å². The minimum Gasteiger partial charge on any atom is -0.507 e. The number of phenols is 1. The van der Waals surface area contributed by atoms with Gasteiger partial charge in [0.1, 0.15) is 11.3 Å². The fraction of sp³-hybridized carbons (Fsp3) is 0.417. The summed E-state index contributed by atoms with van der Waals surface area (Å²) in [6.45, 7) is 3.47. The van der Waals surface area contributed by atoms with Gasteiger partial charge in [0.15, 0.2) is 0 Å². The summed E-state index contributed by atoms with van der Waals surface area (Å²) >= 11 is 0. The van der Waals surface area contributed by atoms with Crippen LogP contribution in [0, 0.1) is 0 Å². The van der Waals surface area contributed by atoms with E-state index in [9.17, 15) is 18.3 Å². The Kier molecular flexibility index (Phi) is 4.54. The number of esters is 1. The lowest BCUT2D eigenvalue weighted by Crippen LogP contribution is -2.33. The SMILES string of the molecule is COC(=O)c1cc(S(=O)(=O)N(C)C(C)C)ccc1O. The quantitative estimate of drug-likeness (QED) is 0.841. The van der Waals surface area contributed by atoms with Crippen LogP contribution in [0.15, 0.2) is 23.1 Å².